The average Bonchev–Trinajstić information content (AvgIpc) is 3.51. The molecule has 2 heterocycles. The van der Waals surface area contributed by atoms with E-state index in [9.17, 15) is 18.4 Å². The van der Waals surface area contributed by atoms with Crippen molar-refractivity contribution in [3.05, 3.63) is 83.5 Å². The number of aliphatic hydroxyl groups excluding tert-OH is 1. The number of anilines is 1. The zero-order valence-corrected chi connectivity index (χ0v) is 34.9. The first kappa shape index (κ1) is 48.0. The number of rotatable bonds is 18. The number of alkyl halides is 2. The number of nitrogens with zero attached hydrogens (tertiary/aromatic N) is 3. The van der Waals surface area contributed by atoms with Gasteiger partial charge in [-0.15, -0.1) is 0 Å². The number of nitrogen functional groups attached to an aromatic ring is 1. The highest BCUT2D eigenvalue weighted by Crippen LogP contribution is 2.37. The molecule has 1 aromatic carbocycles. The Hall–Kier alpha value is -3.98. The van der Waals surface area contributed by atoms with Gasteiger partial charge in [-0.1, -0.05) is 129 Å². The largest absolute Gasteiger partial charge is 0.386 e. The van der Waals surface area contributed by atoms with Crippen LogP contribution >= 0.6 is 0 Å². The molecule has 0 amide bonds. The molecule has 0 spiro atoms. The second-order valence-corrected chi connectivity index (χ2v) is 14.9. The van der Waals surface area contributed by atoms with Crippen molar-refractivity contribution in [1.29, 1.82) is 0 Å². The molecule has 54 heavy (non-hydrogen) atoms. The first-order valence-electron chi connectivity index (χ1n) is 19.7. The number of allylic oxidation sites excluding steroid dienone is 5. The standard InChI is InChI=1S/C27H38N4O.C14H22F2.C4H8O2/c1-7-18(5)15-22(10-9-17(3)4)27-30-24(21-13-11-20(12-14-21)19(6)32)25-26(28)29-16-23(8-2)31(25)27;1-5-7-8-10-13(14(4,15)16)11-12(3)9-6-2;1-3(5)4(2)6/h11-14,16-18,22H,7-10,15H2,1-6H3,(H2,28,29);8,10-11H,3,5-7,9H2,1-2,4H3;3,5H,1-2H3/b;10-8-,13-11+;. The number of benzene rings is 1. The minimum atomic E-state index is -2.79. The zero-order chi connectivity index (χ0) is 41.2. The Morgan fingerprint density at radius 1 is 1.02 bits per heavy atom. The Kier molecular flexibility index (Phi) is 21.1. The Labute approximate surface area is 324 Å². The number of carbonyl (C=O) groups excluding carboxylic acids is 2. The number of aromatic nitrogens is 3. The molecule has 3 unspecified atom stereocenters. The number of hydrogen-bond acceptors (Lipinski definition) is 6. The number of carbonyl (C=O) groups is 2. The Morgan fingerprint density at radius 2 is 1.63 bits per heavy atom. The van der Waals surface area contributed by atoms with E-state index in [0.717, 1.165) is 92.2 Å². The monoisotopic (exact) mass is 751 g/mol. The molecule has 0 aliphatic heterocycles. The molecular formula is C45H68F2N4O3. The molecule has 7 nitrogen and oxygen atoms in total. The maximum atomic E-state index is 13.3. The van der Waals surface area contributed by atoms with Gasteiger partial charge >= 0.3 is 0 Å². The van der Waals surface area contributed by atoms with Gasteiger partial charge in [-0.2, -0.15) is 0 Å². The zero-order valence-electron chi connectivity index (χ0n) is 34.9. The molecule has 0 bridgehead atoms. The normalized spacial score (nSPS) is 13.6. The van der Waals surface area contributed by atoms with Gasteiger partial charge in [-0.25, -0.2) is 18.7 Å². The molecule has 3 N–H and O–H groups in total. The molecule has 0 fully saturated rings. The average molecular weight is 751 g/mol. The van der Waals surface area contributed by atoms with Gasteiger partial charge in [-0.05, 0) is 64.7 Å². The smallest absolute Gasteiger partial charge is 0.270 e. The lowest BCUT2D eigenvalue weighted by molar-refractivity contribution is -0.124. The summed E-state index contributed by atoms with van der Waals surface area (Å²) in [5.41, 5.74) is 11.8. The summed E-state index contributed by atoms with van der Waals surface area (Å²) in [6.45, 7) is 24.4. The number of ketones is 2. The Balaban J connectivity index is 0.000000552. The van der Waals surface area contributed by atoms with Crippen LogP contribution in [0.15, 0.2) is 66.4 Å². The van der Waals surface area contributed by atoms with Crippen molar-refractivity contribution in [3.8, 4) is 11.3 Å². The van der Waals surface area contributed by atoms with Crippen LogP contribution in [0.2, 0.25) is 0 Å². The van der Waals surface area contributed by atoms with Gasteiger partial charge in [0.15, 0.2) is 11.6 Å². The van der Waals surface area contributed by atoms with E-state index in [0.29, 0.717) is 29.1 Å². The predicted molar refractivity (Wildman–Crippen MR) is 222 cm³/mol. The lowest BCUT2D eigenvalue weighted by Crippen LogP contribution is -2.12. The number of hydrogen-bond donors (Lipinski definition) is 2. The number of fused-ring (bicyclic) bond motifs is 1. The lowest BCUT2D eigenvalue weighted by atomic mass is 9.88. The third-order valence-corrected chi connectivity index (χ3v) is 9.33. The summed E-state index contributed by atoms with van der Waals surface area (Å²) in [6, 6.07) is 7.67. The molecule has 3 aromatic rings. The Bertz CT molecular complexity index is 1680. The first-order chi connectivity index (χ1) is 25.3. The van der Waals surface area contributed by atoms with Gasteiger partial charge in [-0.3, -0.25) is 14.0 Å². The molecule has 0 saturated carbocycles. The number of Topliss-reactive ketones (excluding diaryl/α,β-unsaturated/α-hetero) is 2. The number of halogens is 2. The molecular weight excluding hydrogens is 683 g/mol. The SMILES string of the molecule is C=C(/C=C(\C=C/CCC)C(C)(F)F)CCC.CC(=O)C(C)O.CCc1cnc(N)c2c(-c3ccc(C(C)=O)cc3)nc(C(CCC(C)C)CC(C)CC)n12. The molecule has 0 radical (unpaired) electrons. The first-order valence-corrected chi connectivity index (χ1v) is 19.7. The van der Waals surface area contributed by atoms with E-state index in [-0.39, 0.29) is 17.1 Å². The van der Waals surface area contributed by atoms with Crippen LogP contribution in [0.4, 0.5) is 14.6 Å². The summed E-state index contributed by atoms with van der Waals surface area (Å²) in [5.74, 6) is 0.311. The molecule has 300 valence electrons. The summed E-state index contributed by atoms with van der Waals surface area (Å²) in [5, 5.41) is 8.28. The van der Waals surface area contributed by atoms with Crippen molar-refractivity contribution in [3.63, 3.8) is 0 Å². The van der Waals surface area contributed by atoms with Crippen molar-refractivity contribution in [2.75, 3.05) is 5.73 Å². The van der Waals surface area contributed by atoms with E-state index >= 15 is 0 Å². The van der Waals surface area contributed by atoms with Crippen molar-refractivity contribution in [2.45, 2.75) is 152 Å². The van der Waals surface area contributed by atoms with Crippen LogP contribution in [0.3, 0.4) is 0 Å². The van der Waals surface area contributed by atoms with Gasteiger partial charge in [0, 0.05) is 41.4 Å². The minimum absolute atomic E-state index is 0.0550. The maximum Gasteiger partial charge on any atom is 0.270 e. The van der Waals surface area contributed by atoms with Crippen LogP contribution in [0.25, 0.3) is 16.8 Å². The second-order valence-electron chi connectivity index (χ2n) is 14.9. The summed E-state index contributed by atoms with van der Waals surface area (Å²) in [4.78, 5) is 31.4. The van der Waals surface area contributed by atoms with Crippen LogP contribution in [0, 0.1) is 11.8 Å². The summed E-state index contributed by atoms with van der Waals surface area (Å²) in [6.07, 6.45) is 14.8. The highest BCUT2D eigenvalue weighted by molar-refractivity contribution is 5.95. The predicted octanol–water partition coefficient (Wildman–Crippen LogP) is 11.9. The van der Waals surface area contributed by atoms with Crippen LogP contribution in [-0.4, -0.2) is 43.1 Å². The summed E-state index contributed by atoms with van der Waals surface area (Å²) < 4.78 is 28.8. The summed E-state index contributed by atoms with van der Waals surface area (Å²) in [7, 11) is 0. The van der Waals surface area contributed by atoms with E-state index in [1.165, 1.54) is 32.4 Å². The Morgan fingerprint density at radius 3 is 2.09 bits per heavy atom. The second kappa shape index (κ2) is 23.7. The fourth-order valence-corrected chi connectivity index (χ4v) is 5.67. The van der Waals surface area contributed by atoms with E-state index in [2.05, 4.69) is 50.6 Å². The van der Waals surface area contributed by atoms with E-state index < -0.39 is 12.0 Å². The van der Waals surface area contributed by atoms with Crippen LogP contribution in [0.5, 0.6) is 0 Å². The molecule has 9 heteroatoms. The number of nitrogens with two attached hydrogens (primary N) is 1. The van der Waals surface area contributed by atoms with Crippen molar-refractivity contribution >= 4 is 22.9 Å². The van der Waals surface area contributed by atoms with Crippen molar-refractivity contribution in [1.82, 2.24) is 14.4 Å². The van der Waals surface area contributed by atoms with Crippen LogP contribution < -0.4 is 5.73 Å². The minimum Gasteiger partial charge on any atom is -0.386 e. The van der Waals surface area contributed by atoms with E-state index in [1.54, 1.807) is 13.0 Å². The molecule has 3 atom stereocenters. The topological polar surface area (TPSA) is 111 Å². The number of aryl methyl sites for hydroxylation is 1. The molecule has 0 aliphatic rings. The van der Waals surface area contributed by atoms with E-state index in [1.807, 2.05) is 44.3 Å². The van der Waals surface area contributed by atoms with Crippen molar-refractivity contribution < 1.29 is 23.5 Å². The van der Waals surface area contributed by atoms with Gasteiger partial charge in [0.1, 0.15) is 29.0 Å². The van der Waals surface area contributed by atoms with Crippen LogP contribution in [0.1, 0.15) is 155 Å². The highest BCUT2D eigenvalue weighted by atomic mass is 19.3. The highest BCUT2D eigenvalue weighted by Gasteiger charge is 2.26. The van der Waals surface area contributed by atoms with E-state index in [4.69, 9.17) is 15.8 Å². The lowest BCUT2D eigenvalue weighted by Gasteiger charge is -2.21. The molecule has 2 aromatic heterocycles. The third-order valence-electron chi connectivity index (χ3n) is 9.33. The number of unbranched alkanes of at least 4 members (excludes halogenated alkanes) is 1. The fourth-order valence-electron chi connectivity index (χ4n) is 5.67. The van der Waals surface area contributed by atoms with Gasteiger partial charge in [0.25, 0.3) is 5.92 Å². The fraction of sp³-hybridized carbons (Fsp3) is 0.556. The van der Waals surface area contributed by atoms with Gasteiger partial charge in [0.2, 0.25) is 0 Å². The van der Waals surface area contributed by atoms with Crippen molar-refractivity contribution in [2.24, 2.45) is 11.8 Å². The number of aliphatic hydroxyl groups is 1. The molecule has 0 aliphatic carbocycles. The van der Waals surface area contributed by atoms with Crippen LogP contribution in [-0.2, 0) is 11.2 Å². The molecule has 3 rings (SSSR count). The summed E-state index contributed by atoms with van der Waals surface area (Å²) >= 11 is 0. The number of imidazole rings is 1. The molecule has 0 saturated heterocycles. The maximum absolute atomic E-state index is 13.3. The quantitative estimate of drug-likeness (QED) is 0.0989. The van der Waals surface area contributed by atoms with Gasteiger partial charge < -0.3 is 10.8 Å². The third kappa shape index (κ3) is 15.8. The van der Waals surface area contributed by atoms with Gasteiger partial charge in [0.05, 0.1) is 0 Å².